The van der Waals surface area contributed by atoms with E-state index in [0.29, 0.717) is 5.69 Å². The minimum Gasteiger partial charge on any atom is -0.394 e. The first kappa shape index (κ1) is 14.5. The average Bonchev–Trinajstić information content (AvgIpc) is 2.50. The Kier molecular flexibility index (Phi) is 3.85. The molecule has 0 aliphatic rings. The molecule has 2 aromatic rings. The smallest absolute Gasteiger partial charge is 0.258 e. The first-order valence-electron chi connectivity index (χ1n) is 5.97. The van der Waals surface area contributed by atoms with Gasteiger partial charge in [-0.2, -0.15) is 5.26 Å². The van der Waals surface area contributed by atoms with Crippen LogP contribution in [-0.2, 0) is 0 Å². The maximum Gasteiger partial charge on any atom is 0.258 e. The summed E-state index contributed by atoms with van der Waals surface area (Å²) in [7, 11) is 1.42. The normalized spacial score (nSPS) is 10.0. The molecule has 0 bridgehead atoms. The van der Waals surface area contributed by atoms with E-state index in [0.717, 1.165) is 17.0 Å². The molecule has 1 amide bonds. The summed E-state index contributed by atoms with van der Waals surface area (Å²) in [5.41, 5.74) is 4.98. The lowest BCUT2D eigenvalue weighted by Gasteiger charge is -2.18. The zero-order valence-electron chi connectivity index (χ0n) is 11.1. The summed E-state index contributed by atoms with van der Waals surface area (Å²) >= 11 is 0. The van der Waals surface area contributed by atoms with E-state index in [1.165, 1.54) is 7.05 Å². The van der Waals surface area contributed by atoms with Crippen molar-refractivity contribution in [2.45, 2.75) is 0 Å². The summed E-state index contributed by atoms with van der Waals surface area (Å²) in [6, 6.07) is 10.1. The number of benzene rings is 2. The van der Waals surface area contributed by atoms with Crippen molar-refractivity contribution >= 4 is 17.3 Å². The van der Waals surface area contributed by atoms with Crippen LogP contribution in [-0.4, -0.2) is 13.0 Å². The molecule has 0 spiro atoms. The Balaban J connectivity index is 2.43. The van der Waals surface area contributed by atoms with E-state index in [2.05, 4.69) is 0 Å². The number of halogens is 2. The van der Waals surface area contributed by atoms with E-state index in [1.54, 1.807) is 24.3 Å². The van der Waals surface area contributed by atoms with E-state index in [-0.39, 0.29) is 11.1 Å². The zero-order chi connectivity index (χ0) is 15.6. The second-order valence-corrected chi connectivity index (χ2v) is 4.35. The topological polar surface area (TPSA) is 70.1 Å². The SMILES string of the molecule is CN(C(=O)c1cc(F)c(N)c(F)c1)c1ccccc1C#N. The third kappa shape index (κ3) is 2.67. The van der Waals surface area contributed by atoms with E-state index >= 15 is 0 Å². The van der Waals surface area contributed by atoms with E-state index in [9.17, 15) is 13.6 Å². The van der Waals surface area contributed by atoms with E-state index in [4.69, 9.17) is 11.0 Å². The third-order valence-electron chi connectivity index (χ3n) is 3.02. The van der Waals surface area contributed by atoms with Crippen molar-refractivity contribution in [3.05, 3.63) is 59.2 Å². The van der Waals surface area contributed by atoms with Crippen LogP contribution in [0, 0.1) is 23.0 Å². The van der Waals surface area contributed by atoms with Gasteiger partial charge in [0.2, 0.25) is 0 Å². The molecule has 2 N–H and O–H groups in total. The van der Waals surface area contributed by atoms with Crippen molar-refractivity contribution in [3.8, 4) is 6.07 Å². The van der Waals surface area contributed by atoms with Gasteiger partial charge < -0.3 is 10.6 Å². The molecule has 0 aliphatic carbocycles. The second kappa shape index (κ2) is 5.59. The van der Waals surface area contributed by atoms with Gasteiger partial charge >= 0.3 is 0 Å². The largest absolute Gasteiger partial charge is 0.394 e. The van der Waals surface area contributed by atoms with Gasteiger partial charge in [-0.1, -0.05) is 12.1 Å². The number of nitrogen functional groups attached to an aromatic ring is 1. The van der Waals surface area contributed by atoms with Crippen molar-refractivity contribution in [2.24, 2.45) is 0 Å². The van der Waals surface area contributed by atoms with Crippen LogP contribution >= 0.6 is 0 Å². The number of para-hydroxylation sites is 1. The minimum absolute atomic E-state index is 0.186. The Bertz CT molecular complexity index is 730. The van der Waals surface area contributed by atoms with Gasteiger partial charge in [-0.25, -0.2) is 8.78 Å². The monoisotopic (exact) mass is 287 g/mol. The third-order valence-corrected chi connectivity index (χ3v) is 3.02. The molecule has 0 fully saturated rings. The Morgan fingerprint density at radius 1 is 1.24 bits per heavy atom. The van der Waals surface area contributed by atoms with Crippen molar-refractivity contribution < 1.29 is 13.6 Å². The number of carbonyl (C=O) groups is 1. The first-order chi connectivity index (χ1) is 9.95. The minimum atomic E-state index is -1.000. The zero-order valence-corrected chi connectivity index (χ0v) is 11.1. The highest BCUT2D eigenvalue weighted by Crippen LogP contribution is 2.23. The number of anilines is 2. The van der Waals surface area contributed by atoms with Crippen LogP contribution in [0.15, 0.2) is 36.4 Å². The van der Waals surface area contributed by atoms with E-state index in [1.807, 2.05) is 6.07 Å². The molecule has 0 aliphatic heterocycles. The lowest BCUT2D eigenvalue weighted by molar-refractivity contribution is 0.0992. The highest BCUT2D eigenvalue weighted by atomic mass is 19.1. The Morgan fingerprint density at radius 3 is 2.38 bits per heavy atom. The van der Waals surface area contributed by atoms with Crippen LogP contribution in [0.1, 0.15) is 15.9 Å². The molecule has 0 atom stereocenters. The number of nitriles is 1. The van der Waals surface area contributed by atoms with E-state index < -0.39 is 23.2 Å². The fourth-order valence-corrected chi connectivity index (χ4v) is 1.87. The second-order valence-electron chi connectivity index (χ2n) is 4.35. The van der Waals surface area contributed by atoms with Gasteiger partial charge in [-0.15, -0.1) is 0 Å². The predicted octanol–water partition coefficient (Wildman–Crippen LogP) is 2.70. The maximum absolute atomic E-state index is 13.4. The number of hydrogen-bond acceptors (Lipinski definition) is 3. The summed E-state index contributed by atoms with van der Waals surface area (Å²) in [5, 5.41) is 9.02. The molecule has 6 heteroatoms. The summed E-state index contributed by atoms with van der Waals surface area (Å²) in [6.45, 7) is 0. The number of nitrogens with two attached hydrogens (primary N) is 1. The molecule has 2 aromatic carbocycles. The molecule has 0 saturated carbocycles. The fourth-order valence-electron chi connectivity index (χ4n) is 1.87. The van der Waals surface area contributed by atoms with Crippen LogP contribution in [0.5, 0.6) is 0 Å². The maximum atomic E-state index is 13.4. The van der Waals surface area contributed by atoms with Crippen LogP contribution < -0.4 is 10.6 Å². The van der Waals surface area contributed by atoms with Crippen molar-refractivity contribution in [1.29, 1.82) is 5.26 Å². The van der Waals surface area contributed by atoms with Gasteiger partial charge in [-0.3, -0.25) is 4.79 Å². The molecule has 0 saturated heterocycles. The van der Waals surface area contributed by atoms with Crippen LogP contribution in [0.25, 0.3) is 0 Å². The molecule has 106 valence electrons. The Labute approximate surface area is 120 Å². The number of hydrogen-bond donors (Lipinski definition) is 1. The molecule has 2 rings (SSSR count). The van der Waals surface area contributed by atoms with Gasteiger partial charge in [0.1, 0.15) is 23.4 Å². The quantitative estimate of drug-likeness (QED) is 0.863. The molecule has 0 radical (unpaired) electrons. The van der Waals surface area contributed by atoms with Crippen LogP contribution in [0.3, 0.4) is 0 Å². The number of rotatable bonds is 2. The van der Waals surface area contributed by atoms with Crippen molar-refractivity contribution in [2.75, 3.05) is 17.7 Å². The van der Waals surface area contributed by atoms with Crippen molar-refractivity contribution in [3.63, 3.8) is 0 Å². The Morgan fingerprint density at radius 2 is 1.81 bits per heavy atom. The fraction of sp³-hybridized carbons (Fsp3) is 0.0667. The molecule has 21 heavy (non-hydrogen) atoms. The number of carbonyl (C=O) groups excluding carboxylic acids is 1. The van der Waals surface area contributed by atoms with Gasteiger partial charge in [0.25, 0.3) is 5.91 Å². The first-order valence-corrected chi connectivity index (χ1v) is 5.97. The molecule has 0 heterocycles. The van der Waals surface area contributed by atoms with Gasteiger partial charge in [0.05, 0.1) is 11.3 Å². The lowest BCUT2D eigenvalue weighted by atomic mass is 10.1. The van der Waals surface area contributed by atoms with Crippen LogP contribution in [0.2, 0.25) is 0 Å². The molecular formula is C15H11F2N3O. The Hall–Kier alpha value is -2.94. The van der Waals surface area contributed by atoms with Gasteiger partial charge in [0, 0.05) is 12.6 Å². The van der Waals surface area contributed by atoms with Gasteiger partial charge in [0.15, 0.2) is 0 Å². The molecule has 4 nitrogen and oxygen atoms in total. The average molecular weight is 287 g/mol. The van der Waals surface area contributed by atoms with Crippen LogP contribution in [0.4, 0.5) is 20.2 Å². The predicted molar refractivity (Wildman–Crippen MR) is 74.7 cm³/mol. The number of amides is 1. The standard InChI is InChI=1S/C15H11F2N3O/c1-20(13-5-3-2-4-9(13)8-18)15(21)10-6-11(16)14(19)12(17)7-10/h2-7H,19H2,1H3. The highest BCUT2D eigenvalue weighted by molar-refractivity contribution is 6.06. The molecule has 0 unspecified atom stereocenters. The summed E-state index contributed by atoms with van der Waals surface area (Å²) in [5.74, 6) is -2.64. The summed E-state index contributed by atoms with van der Waals surface area (Å²) in [6.07, 6.45) is 0. The lowest BCUT2D eigenvalue weighted by Crippen LogP contribution is -2.27. The number of nitrogens with zero attached hydrogens (tertiary/aromatic N) is 2. The van der Waals surface area contributed by atoms with Crippen molar-refractivity contribution in [1.82, 2.24) is 0 Å². The summed E-state index contributed by atoms with van der Waals surface area (Å²) in [4.78, 5) is 13.4. The van der Waals surface area contributed by atoms with Gasteiger partial charge in [-0.05, 0) is 24.3 Å². The molecular weight excluding hydrogens is 276 g/mol. The molecule has 0 aromatic heterocycles. The highest BCUT2D eigenvalue weighted by Gasteiger charge is 2.19. The summed E-state index contributed by atoms with van der Waals surface area (Å²) < 4.78 is 26.8.